The molecule has 0 bridgehead atoms. The molecule has 0 N–H and O–H groups in total. The second-order valence-corrected chi connectivity index (χ2v) is 7.41. The molecule has 3 aromatic rings. The van der Waals surface area contributed by atoms with Crippen LogP contribution in [0.1, 0.15) is 17.7 Å². The number of aryl methyl sites for hydroxylation is 1. The maximum Gasteiger partial charge on any atom is 0.246 e. The minimum Gasteiger partial charge on any atom is -0.353 e. The molecule has 4 rings (SSSR count). The van der Waals surface area contributed by atoms with Crippen LogP contribution in [0.5, 0.6) is 0 Å². The summed E-state index contributed by atoms with van der Waals surface area (Å²) in [5.74, 6) is 2.13. The average Bonchev–Trinajstić information content (AvgIpc) is 3.44. The molecule has 3 aromatic heterocycles. The number of hydrogen-bond donors (Lipinski definition) is 0. The fraction of sp³-hybridized carbons (Fsp3) is 0.300. The summed E-state index contributed by atoms with van der Waals surface area (Å²) >= 11 is 1.62. The molecule has 0 saturated carbocycles. The smallest absolute Gasteiger partial charge is 0.246 e. The minimum absolute atomic E-state index is 0.0557. The Balaban J connectivity index is 1.34. The lowest BCUT2D eigenvalue weighted by Gasteiger charge is -2.35. The summed E-state index contributed by atoms with van der Waals surface area (Å²) in [7, 11) is 0. The van der Waals surface area contributed by atoms with Crippen molar-refractivity contribution in [2.75, 3.05) is 31.1 Å². The Hall–Kier alpha value is -3.00. The zero-order valence-corrected chi connectivity index (χ0v) is 16.4. The van der Waals surface area contributed by atoms with Crippen molar-refractivity contribution in [3.63, 3.8) is 0 Å². The normalized spacial score (nSPS) is 14.8. The molecule has 7 nitrogen and oxygen atoms in total. The number of pyridine rings is 1. The van der Waals surface area contributed by atoms with Crippen molar-refractivity contribution in [2.24, 2.45) is 0 Å². The van der Waals surface area contributed by atoms with Gasteiger partial charge in [-0.05, 0) is 29.7 Å². The Morgan fingerprint density at radius 1 is 1.25 bits per heavy atom. The number of nitrogens with zero attached hydrogens (tertiary/aromatic N) is 5. The van der Waals surface area contributed by atoms with Crippen molar-refractivity contribution < 1.29 is 9.32 Å². The minimum atomic E-state index is 0.0557. The molecule has 0 radical (unpaired) electrons. The lowest BCUT2D eigenvalue weighted by Crippen LogP contribution is -2.48. The maximum atomic E-state index is 12.4. The zero-order valence-electron chi connectivity index (χ0n) is 15.6. The first-order valence-corrected chi connectivity index (χ1v) is 10.2. The van der Waals surface area contributed by atoms with E-state index in [1.54, 1.807) is 23.6 Å². The lowest BCUT2D eigenvalue weighted by atomic mass is 10.2. The van der Waals surface area contributed by atoms with Crippen LogP contribution < -0.4 is 4.90 Å². The number of rotatable bonds is 5. The largest absolute Gasteiger partial charge is 0.353 e. The van der Waals surface area contributed by atoms with E-state index < -0.39 is 0 Å². The van der Waals surface area contributed by atoms with E-state index in [4.69, 9.17) is 4.52 Å². The van der Waals surface area contributed by atoms with Crippen molar-refractivity contribution in [3.05, 3.63) is 52.7 Å². The molecule has 1 amide bonds. The monoisotopic (exact) mass is 395 g/mol. The Bertz CT molecular complexity index is 941. The van der Waals surface area contributed by atoms with E-state index in [2.05, 4.69) is 20.0 Å². The second kappa shape index (κ2) is 8.35. The molecule has 0 aromatic carbocycles. The van der Waals surface area contributed by atoms with Gasteiger partial charge in [-0.3, -0.25) is 4.79 Å². The molecule has 0 spiro atoms. The summed E-state index contributed by atoms with van der Waals surface area (Å²) in [6.07, 6.45) is 6.01. The molecular weight excluding hydrogens is 374 g/mol. The Morgan fingerprint density at radius 2 is 2.11 bits per heavy atom. The van der Waals surface area contributed by atoms with Crippen LogP contribution in [0.3, 0.4) is 0 Å². The fourth-order valence-electron chi connectivity index (χ4n) is 3.02. The number of anilines is 1. The molecule has 28 heavy (non-hydrogen) atoms. The second-order valence-electron chi connectivity index (χ2n) is 6.43. The number of aromatic nitrogens is 3. The van der Waals surface area contributed by atoms with E-state index >= 15 is 0 Å². The number of carbonyl (C=O) groups is 1. The third kappa shape index (κ3) is 4.12. The summed E-state index contributed by atoms with van der Waals surface area (Å²) in [6.45, 7) is 4.85. The van der Waals surface area contributed by atoms with Crippen molar-refractivity contribution in [2.45, 2.75) is 13.3 Å². The molecule has 1 saturated heterocycles. The molecule has 1 aliphatic heterocycles. The van der Waals surface area contributed by atoms with Crippen molar-refractivity contribution in [1.82, 2.24) is 20.0 Å². The number of hydrogen-bond acceptors (Lipinski definition) is 7. The van der Waals surface area contributed by atoms with E-state index in [1.165, 1.54) is 0 Å². The van der Waals surface area contributed by atoms with Gasteiger partial charge in [-0.1, -0.05) is 18.1 Å². The summed E-state index contributed by atoms with van der Waals surface area (Å²) < 4.78 is 5.15. The van der Waals surface area contributed by atoms with Gasteiger partial charge in [-0.25, -0.2) is 4.98 Å². The predicted octanol–water partition coefficient (Wildman–Crippen LogP) is 3.12. The van der Waals surface area contributed by atoms with Gasteiger partial charge in [0.1, 0.15) is 5.82 Å². The summed E-state index contributed by atoms with van der Waals surface area (Å²) in [4.78, 5) is 26.4. The first-order chi connectivity index (χ1) is 13.7. The summed E-state index contributed by atoms with van der Waals surface area (Å²) in [5.41, 5.74) is 0.833. The van der Waals surface area contributed by atoms with Crippen LogP contribution in [0, 0.1) is 0 Å². The fourth-order valence-corrected chi connectivity index (χ4v) is 3.64. The highest BCUT2D eigenvalue weighted by atomic mass is 32.1. The van der Waals surface area contributed by atoms with Crippen molar-refractivity contribution in [1.29, 1.82) is 0 Å². The highest BCUT2D eigenvalue weighted by Crippen LogP contribution is 2.20. The molecule has 0 unspecified atom stereocenters. The van der Waals surface area contributed by atoms with Crippen LogP contribution >= 0.6 is 11.3 Å². The molecule has 0 aliphatic carbocycles. The summed E-state index contributed by atoms with van der Waals surface area (Å²) in [5, 5.41) is 5.98. The molecule has 8 heteroatoms. The number of amides is 1. The van der Waals surface area contributed by atoms with Gasteiger partial charge in [0, 0.05) is 55.3 Å². The first kappa shape index (κ1) is 18.4. The van der Waals surface area contributed by atoms with Gasteiger partial charge >= 0.3 is 0 Å². The Morgan fingerprint density at radius 3 is 2.75 bits per heavy atom. The molecule has 144 valence electrons. The van der Waals surface area contributed by atoms with E-state index in [0.29, 0.717) is 31.2 Å². The van der Waals surface area contributed by atoms with Crippen LogP contribution in [0.25, 0.3) is 17.5 Å². The van der Waals surface area contributed by atoms with Gasteiger partial charge in [0.15, 0.2) is 0 Å². The van der Waals surface area contributed by atoms with Gasteiger partial charge in [-0.2, -0.15) is 4.98 Å². The number of piperazine rings is 1. The van der Waals surface area contributed by atoms with E-state index in [-0.39, 0.29) is 5.91 Å². The van der Waals surface area contributed by atoms with Crippen LogP contribution in [-0.2, 0) is 11.2 Å². The standard InChI is InChI=1S/C20H21N5O2S/c1-2-18-22-20(23-27-18)15-5-7-17(21-14-15)24-9-11-25(12-10-24)19(26)8-6-16-4-3-13-28-16/h3-8,13-14H,2,9-12H2,1H3/b8-6+. The molecule has 1 fully saturated rings. The Kier molecular flexibility index (Phi) is 5.48. The predicted molar refractivity (Wildman–Crippen MR) is 109 cm³/mol. The number of thiophene rings is 1. The molecule has 0 atom stereocenters. The van der Waals surface area contributed by atoms with Gasteiger partial charge in [-0.15, -0.1) is 11.3 Å². The maximum absolute atomic E-state index is 12.4. The van der Waals surface area contributed by atoms with Gasteiger partial charge in [0.05, 0.1) is 0 Å². The van der Waals surface area contributed by atoms with Crippen molar-refractivity contribution >= 4 is 29.1 Å². The average molecular weight is 395 g/mol. The topological polar surface area (TPSA) is 75.4 Å². The molecule has 4 heterocycles. The van der Waals surface area contributed by atoms with Gasteiger partial charge < -0.3 is 14.3 Å². The SMILES string of the molecule is CCc1nc(-c2ccc(N3CCN(C(=O)/C=C/c4cccs4)CC3)nc2)no1. The number of carbonyl (C=O) groups excluding carboxylic acids is 1. The third-order valence-corrected chi connectivity index (χ3v) is 5.46. The van der Waals surface area contributed by atoms with Gasteiger partial charge in [0.2, 0.25) is 17.6 Å². The van der Waals surface area contributed by atoms with Crippen LogP contribution in [-0.4, -0.2) is 52.1 Å². The zero-order chi connectivity index (χ0) is 19.3. The highest BCUT2D eigenvalue weighted by Gasteiger charge is 2.20. The van der Waals surface area contributed by atoms with Crippen LogP contribution in [0.4, 0.5) is 5.82 Å². The van der Waals surface area contributed by atoms with E-state index in [9.17, 15) is 4.79 Å². The molecular formula is C20H21N5O2S. The summed E-state index contributed by atoms with van der Waals surface area (Å²) in [6, 6.07) is 7.89. The van der Waals surface area contributed by atoms with Crippen LogP contribution in [0.15, 0.2) is 46.4 Å². The van der Waals surface area contributed by atoms with E-state index in [0.717, 1.165) is 29.3 Å². The van der Waals surface area contributed by atoms with Gasteiger partial charge in [0.25, 0.3) is 0 Å². The van der Waals surface area contributed by atoms with Crippen LogP contribution in [0.2, 0.25) is 0 Å². The highest BCUT2D eigenvalue weighted by molar-refractivity contribution is 7.10. The lowest BCUT2D eigenvalue weighted by molar-refractivity contribution is -0.126. The molecule has 1 aliphatic rings. The third-order valence-electron chi connectivity index (χ3n) is 4.63. The van der Waals surface area contributed by atoms with E-state index in [1.807, 2.05) is 47.5 Å². The Labute approximate surface area is 167 Å². The first-order valence-electron chi connectivity index (χ1n) is 9.27. The van der Waals surface area contributed by atoms with Crippen molar-refractivity contribution in [3.8, 4) is 11.4 Å². The quantitative estimate of drug-likeness (QED) is 0.618.